The van der Waals surface area contributed by atoms with Crippen LogP contribution in [-0.2, 0) is 11.2 Å². The Morgan fingerprint density at radius 1 is 1.03 bits per heavy atom. The molecule has 0 bridgehead atoms. The minimum absolute atomic E-state index is 0.0118. The number of imidazole rings is 1. The SMILES string of the molecule is O=C(c1[nH]cnc1-c1ccccc1)N1CCNC[C@H]1Cc1ccc(N2CCOCC2)cc1. The minimum atomic E-state index is 0.0118. The molecule has 2 aliphatic heterocycles. The predicted molar refractivity (Wildman–Crippen MR) is 125 cm³/mol. The second-order valence-corrected chi connectivity index (χ2v) is 8.32. The summed E-state index contributed by atoms with van der Waals surface area (Å²) in [5, 5.41) is 3.45. The van der Waals surface area contributed by atoms with Crippen LogP contribution in [0.15, 0.2) is 60.9 Å². The highest BCUT2D eigenvalue weighted by molar-refractivity contribution is 5.98. The number of amides is 1. The molecule has 7 nitrogen and oxygen atoms in total. The summed E-state index contributed by atoms with van der Waals surface area (Å²) < 4.78 is 5.45. The van der Waals surface area contributed by atoms with Gasteiger partial charge in [-0.15, -0.1) is 0 Å². The van der Waals surface area contributed by atoms with E-state index in [1.54, 1.807) is 6.33 Å². The Kier molecular flexibility index (Phi) is 6.18. The number of nitrogens with zero attached hydrogens (tertiary/aromatic N) is 3. The van der Waals surface area contributed by atoms with Gasteiger partial charge in [-0.2, -0.15) is 0 Å². The topological polar surface area (TPSA) is 73.5 Å². The normalized spacial score (nSPS) is 19.2. The largest absolute Gasteiger partial charge is 0.378 e. The molecule has 0 spiro atoms. The van der Waals surface area contributed by atoms with Crippen molar-refractivity contribution in [2.24, 2.45) is 0 Å². The molecule has 0 saturated carbocycles. The molecule has 3 aromatic rings. The fourth-order valence-electron chi connectivity index (χ4n) is 4.56. The quantitative estimate of drug-likeness (QED) is 0.650. The Balaban J connectivity index is 1.31. The molecule has 7 heteroatoms. The van der Waals surface area contributed by atoms with Crippen molar-refractivity contribution < 1.29 is 9.53 Å². The molecule has 5 rings (SSSR count). The lowest BCUT2D eigenvalue weighted by atomic mass is 10.0. The Hall–Kier alpha value is -3.16. The van der Waals surface area contributed by atoms with Crippen LogP contribution in [0, 0.1) is 0 Å². The summed E-state index contributed by atoms with van der Waals surface area (Å²) in [6.07, 6.45) is 2.42. The number of hydrogen-bond acceptors (Lipinski definition) is 5. The molecular weight excluding hydrogens is 402 g/mol. The monoisotopic (exact) mass is 431 g/mol. The summed E-state index contributed by atoms with van der Waals surface area (Å²) in [5.41, 5.74) is 4.69. The fraction of sp³-hybridized carbons (Fsp3) is 0.360. The number of piperazine rings is 1. The molecule has 3 heterocycles. The first-order valence-corrected chi connectivity index (χ1v) is 11.3. The van der Waals surface area contributed by atoms with E-state index in [4.69, 9.17) is 4.74 Å². The van der Waals surface area contributed by atoms with E-state index in [1.165, 1.54) is 11.3 Å². The summed E-state index contributed by atoms with van der Waals surface area (Å²) in [6.45, 7) is 5.70. The van der Waals surface area contributed by atoms with Crippen LogP contribution in [0.3, 0.4) is 0 Å². The van der Waals surface area contributed by atoms with Crippen molar-refractivity contribution in [3.05, 3.63) is 72.2 Å². The summed E-state index contributed by atoms with van der Waals surface area (Å²) >= 11 is 0. The third kappa shape index (κ3) is 4.40. The Bertz CT molecular complexity index is 1030. The van der Waals surface area contributed by atoms with Gasteiger partial charge in [0.2, 0.25) is 0 Å². The van der Waals surface area contributed by atoms with Gasteiger partial charge in [-0.05, 0) is 24.1 Å². The molecule has 1 atom stereocenters. The van der Waals surface area contributed by atoms with Gasteiger partial charge < -0.3 is 24.8 Å². The number of ether oxygens (including phenoxy) is 1. The van der Waals surface area contributed by atoms with Crippen LogP contribution in [0.1, 0.15) is 16.1 Å². The van der Waals surface area contributed by atoms with Crippen LogP contribution in [0.4, 0.5) is 5.69 Å². The molecular formula is C25H29N5O2. The molecule has 32 heavy (non-hydrogen) atoms. The van der Waals surface area contributed by atoms with Crippen molar-refractivity contribution in [3.8, 4) is 11.3 Å². The smallest absolute Gasteiger partial charge is 0.272 e. The molecule has 0 radical (unpaired) electrons. The van der Waals surface area contributed by atoms with E-state index in [0.717, 1.165) is 51.4 Å². The van der Waals surface area contributed by atoms with Gasteiger partial charge in [0.15, 0.2) is 0 Å². The third-order valence-corrected chi connectivity index (χ3v) is 6.30. The van der Waals surface area contributed by atoms with Crippen LogP contribution in [0.5, 0.6) is 0 Å². The number of rotatable bonds is 5. The van der Waals surface area contributed by atoms with Gasteiger partial charge in [-0.3, -0.25) is 4.79 Å². The second kappa shape index (κ2) is 9.54. The zero-order valence-electron chi connectivity index (χ0n) is 18.2. The van der Waals surface area contributed by atoms with Crippen molar-refractivity contribution in [1.29, 1.82) is 0 Å². The number of benzene rings is 2. The van der Waals surface area contributed by atoms with Gasteiger partial charge >= 0.3 is 0 Å². The second-order valence-electron chi connectivity index (χ2n) is 8.32. The summed E-state index contributed by atoms with van der Waals surface area (Å²) in [7, 11) is 0. The number of nitrogens with one attached hydrogen (secondary N) is 2. The van der Waals surface area contributed by atoms with Crippen LogP contribution >= 0.6 is 0 Å². The first kappa shape index (κ1) is 20.7. The van der Waals surface area contributed by atoms with Gasteiger partial charge in [0.05, 0.1) is 19.5 Å². The fourth-order valence-corrected chi connectivity index (χ4v) is 4.56. The van der Waals surface area contributed by atoms with Crippen molar-refractivity contribution >= 4 is 11.6 Å². The first-order valence-electron chi connectivity index (χ1n) is 11.3. The molecule has 166 valence electrons. The molecule has 1 amide bonds. The summed E-state index contributed by atoms with van der Waals surface area (Å²) in [4.78, 5) is 25.4. The third-order valence-electron chi connectivity index (χ3n) is 6.30. The van der Waals surface area contributed by atoms with Crippen molar-refractivity contribution in [2.75, 3.05) is 50.8 Å². The van der Waals surface area contributed by atoms with Gasteiger partial charge in [0, 0.05) is 50.0 Å². The van der Waals surface area contributed by atoms with E-state index in [-0.39, 0.29) is 11.9 Å². The van der Waals surface area contributed by atoms with E-state index in [1.807, 2.05) is 35.2 Å². The standard InChI is InChI=1S/C25H29N5O2/c31-25(24-23(27-18-28-24)20-4-2-1-3-5-20)30-11-10-26-17-22(30)16-19-6-8-21(9-7-19)29-12-14-32-15-13-29/h1-9,18,22,26H,10-17H2,(H,27,28)/t22-/m1/s1. The number of hydrogen-bond donors (Lipinski definition) is 2. The Labute approximate surface area is 188 Å². The zero-order valence-corrected chi connectivity index (χ0v) is 18.2. The molecule has 2 aromatic carbocycles. The van der Waals surface area contributed by atoms with E-state index in [2.05, 4.69) is 44.5 Å². The molecule has 0 aliphatic carbocycles. The van der Waals surface area contributed by atoms with E-state index < -0.39 is 0 Å². The van der Waals surface area contributed by atoms with Crippen molar-refractivity contribution in [1.82, 2.24) is 20.2 Å². The van der Waals surface area contributed by atoms with Gasteiger partial charge in [-0.1, -0.05) is 42.5 Å². The van der Waals surface area contributed by atoms with E-state index in [9.17, 15) is 4.79 Å². The Morgan fingerprint density at radius 3 is 2.59 bits per heavy atom. The van der Waals surface area contributed by atoms with Crippen LogP contribution < -0.4 is 10.2 Å². The van der Waals surface area contributed by atoms with E-state index in [0.29, 0.717) is 17.9 Å². The molecule has 2 fully saturated rings. The maximum absolute atomic E-state index is 13.5. The number of aromatic amines is 1. The lowest BCUT2D eigenvalue weighted by molar-refractivity contribution is 0.0631. The molecule has 2 aliphatic rings. The summed E-state index contributed by atoms with van der Waals surface area (Å²) in [5.74, 6) is 0.0118. The average molecular weight is 432 g/mol. The number of H-pyrrole nitrogens is 1. The van der Waals surface area contributed by atoms with Crippen LogP contribution in [0.25, 0.3) is 11.3 Å². The highest BCUT2D eigenvalue weighted by Gasteiger charge is 2.30. The zero-order chi connectivity index (χ0) is 21.8. The number of carbonyl (C=O) groups is 1. The lowest BCUT2D eigenvalue weighted by Gasteiger charge is -2.36. The van der Waals surface area contributed by atoms with Crippen LogP contribution in [0.2, 0.25) is 0 Å². The number of aromatic nitrogens is 2. The van der Waals surface area contributed by atoms with Crippen molar-refractivity contribution in [2.45, 2.75) is 12.5 Å². The maximum atomic E-state index is 13.5. The lowest BCUT2D eigenvalue weighted by Crippen LogP contribution is -2.54. The molecule has 1 aromatic heterocycles. The molecule has 0 unspecified atom stereocenters. The number of morpholine rings is 1. The van der Waals surface area contributed by atoms with Gasteiger partial charge in [-0.25, -0.2) is 4.98 Å². The maximum Gasteiger partial charge on any atom is 0.272 e. The molecule has 2 N–H and O–H groups in total. The first-order chi connectivity index (χ1) is 15.8. The number of anilines is 1. The Morgan fingerprint density at radius 2 is 1.81 bits per heavy atom. The minimum Gasteiger partial charge on any atom is -0.378 e. The van der Waals surface area contributed by atoms with Gasteiger partial charge in [0.1, 0.15) is 11.4 Å². The average Bonchev–Trinajstić information content (AvgIpc) is 3.36. The number of carbonyl (C=O) groups excluding carboxylic acids is 1. The highest BCUT2D eigenvalue weighted by atomic mass is 16.5. The van der Waals surface area contributed by atoms with Crippen molar-refractivity contribution in [3.63, 3.8) is 0 Å². The van der Waals surface area contributed by atoms with Crippen LogP contribution in [-0.4, -0.2) is 72.8 Å². The summed E-state index contributed by atoms with van der Waals surface area (Å²) in [6, 6.07) is 18.7. The highest BCUT2D eigenvalue weighted by Crippen LogP contribution is 2.24. The van der Waals surface area contributed by atoms with E-state index >= 15 is 0 Å². The van der Waals surface area contributed by atoms with Gasteiger partial charge in [0.25, 0.3) is 5.91 Å². The predicted octanol–water partition coefficient (Wildman–Crippen LogP) is 2.57. The molecule has 2 saturated heterocycles.